The van der Waals surface area contributed by atoms with Crippen molar-refractivity contribution in [3.05, 3.63) is 29.6 Å². The van der Waals surface area contributed by atoms with Gasteiger partial charge in [-0.25, -0.2) is 4.39 Å². The highest BCUT2D eigenvalue weighted by Crippen LogP contribution is 2.43. The Morgan fingerprint density at radius 2 is 2.25 bits per heavy atom. The zero-order valence-corrected chi connectivity index (χ0v) is 11.8. The summed E-state index contributed by atoms with van der Waals surface area (Å²) < 4.78 is 25.3. The summed E-state index contributed by atoms with van der Waals surface area (Å²) >= 11 is 0. The molecular formula is C16H21FO3. The number of aliphatic hydroxyl groups excluding tert-OH is 1. The van der Waals surface area contributed by atoms with Crippen LogP contribution in [-0.4, -0.2) is 23.4 Å². The van der Waals surface area contributed by atoms with Gasteiger partial charge in [-0.05, 0) is 38.3 Å². The lowest BCUT2D eigenvalue weighted by atomic mass is 9.74. The molecule has 1 N–H and O–H groups in total. The molecule has 1 spiro atoms. The van der Waals surface area contributed by atoms with Crippen LogP contribution in [0.5, 0.6) is 5.75 Å². The number of ether oxygens (including phenoxy) is 2. The molecule has 1 saturated carbocycles. The summed E-state index contributed by atoms with van der Waals surface area (Å²) in [5, 5.41) is 9.76. The first kappa shape index (κ1) is 13.8. The maximum absolute atomic E-state index is 13.4. The van der Waals surface area contributed by atoms with E-state index >= 15 is 0 Å². The highest BCUT2D eigenvalue weighted by Gasteiger charge is 2.43. The molecule has 3 nitrogen and oxygen atoms in total. The molecule has 2 aliphatic rings. The summed E-state index contributed by atoms with van der Waals surface area (Å²) in [6, 6.07) is 4.31. The van der Waals surface area contributed by atoms with Crippen molar-refractivity contribution in [1.29, 1.82) is 0 Å². The van der Waals surface area contributed by atoms with E-state index in [2.05, 4.69) is 0 Å². The van der Waals surface area contributed by atoms with Gasteiger partial charge < -0.3 is 14.6 Å². The predicted molar refractivity (Wildman–Crippen MR) is 73.2 cm³/mol. The van der Waals surface area contributed by atoms with Gasteiger partial charge in [-0.3, -0.25) is 0 Å². The van der Waals surface area contributed by atoms with E-state index in [0.29, 0.717) is 17.9 Å². The normalized spacial score (nSPS) is 26.1. The van der Waals surface area contributed by atoms with E-state index < -0.39 is 6.10 Å². The highest BCUT2D eigenvalue weighted by atomic mass is 19.1. The molecule has 4 heteroatoms. The number of hydrogen-bond donors (Lipinski definition) is 1. The molecule has 0 amide bonds. The SMILES string of the molecule is CC(O)c1ccc(F)cc1OC1CCOC2(CCC2)C1. The van der Waals surface area contributed by atoms with Crippen LogP contribution < -0.4 is 4.74 Å². The molecule has 2 unspecified atom stereocenters. The zero-order valence-electron chi connectivity index (χ0n) is 11.8. The van der Waals surface area contributed by atoms with Crippen molar-refractivity contribution < 1.29 is 19.0 Å². The second-order valence-electron chi connectivity index (χ2n) is 5.98. The Morgan fingerprint density at radius 3 is 2.90 bits per heavy atom. The fourth-order valence-electron chi connectivity index (χ4n) is 3.14. The van der Waals surface area contributed by atoms with E-state index in [0.717, 1.165) is 25.7 Å². The van der Waals surface area contributed by atoms with Crippen LogP contribution in [0.1, 0.15) is 50.7 Å². The third kappa shape index (κ3) is 2.67. The van der Waals surface area contributed by atoms with Gasteiger partial charge in [0, 0.05) is 24.5 Å². The van der Waals surface area contributed by atoms with Crippen molar-refractivity contribution in [1.82, 2.24) is 0 Å². The number of hydrogen-bond acceptors (Lipinski definition) is 3. The van der Waals surface area contributed by atoms with Gasteiger partial charge in [-0.2, -0.15) is 0 Å². The molecule has 0 aromatic heterocycles. The summed E-state index contributed by atoms with van der Waals surface area (Å²) in [7, 11) is 0. The van der Waals surface area contributed by atoms with E-state index in [1.165, 1.54) is 18.6 Å². The van der Waals surface area contributed by atoms with E-state index in [4.69, 9.17) is 9.47 Å². The minimum absolute atomic E-state index is 0.00123. The molecule has 1 aliphatic carbocycles. The van der Waals surface area contributed by atoms with Crippen LogP contribution in [0.15, 0.2) is 18.2 Å². The molecule has 1 aromatic rings. The van der Waals surface area contributed by atoms with Crippen molar-refractivity contribution in [2.45, 2.75) is 56.8 Å². The average molecular weight is 280 g/mol. The van der Waals surface area contributed by atoms with Crippen LogP contribution in [0.3, 0.4) is 0 Å². The molecule has 2 fully saturated rings. The number of halogens is 1. The van der Waals surface area contributed by atoms with Crippen molar-refractivity contribution in [2.75, 3.05) is 6.61 Å². The summed E-state index contributed by atoms with van der Waals surface area (Å²) in [6.45, 7) is 2.36. The molecule has 1 heterocycles. The second kappa shape index (κ2) is 5.34. The molecule has 3 rings (SSSR count). The molecule has 1 aromatic carbocycles. The fraction of sp³-hybridized carbons (Fsp3) is 0.625. The van der Waals surface area contributed by atoms with Gasteiger partial charge in [0.1, 0.15) is 17.7 Å². The standard InChI is InChI=1S/C16H21FO3/c1-11(18)14-4-3-12(17)9-15(14)20-13-5-8-19-16(10-13)6-2-7-16/h3-4,9,11,13,18H,2,5-8,10H2,1H3. The van der Waals surface area contributed by atoms with E-state index in [1.807, 2.05) is 0 Å². The number of aliphatic hydroxyl groups is 1. The van der Waals surface area contributed by atoms with Crippen LogP contribution in [-0.2, 0) is 4.74 Å². The zero-order chi connectivity index (χ0) is 14.2. The predicted octanol–water partition coefficient (Wildman–Crippen LogP) is 3.36. The van der Waals surface area contributed by atoms with Gasteiger partial charge in [0.05, 0.1) is 18.3 Å². The quantitative estimate of drug-likeness (QED) is 0.922. The Kier molecular flexibility index (Phi) is 3.69. The van der Waals surface area contributed by atoms with Crippen molar-refractivity contribution >= 4 is 0 Å². The first-order valence-corrected chi connectivity index (χ1v) is 7.36. The van der Waals surface area contributed by atoms with Gasteiger partial charge >= 0.3 is 0 Å². The van der Waals surface area contributed by atoms with Crippen molar-refractivity contribution in [3.63, 3.8) is 0 Å². The summed E-state index contributed by atoms with van der Waals surface area (Å²) in [6.07, 6.45) is 4.47. The molecule has 0 radical (unpaired) electrons. The minimum Gasteiger partial charge on any atom is -0.490 e. The smallest absolute Gasteiger partial charge is 0.128 e. The lowest BCUT2D eigenvalue weighted by Gasteiger charge is -2.47. The molecule has 110 valence electrons. The Bertz CT molecular complexity index is 483. The summed E-state index contributed by atoms with van der Waals surface area (Å²) in [4.78, 5) is 0. The lowest BCUT2D eigenvalue weighted by molar-refractivity contribution is -0.153. The Balaban J connectivity index is 1.75. The van der Waals surface area contributed by atoms with Crippen LogP contribution in [0.2, 0.25) is 0 Å². The van der Waals surface area contributed by atoms with Crippen LogP contribution in [0.4, 0.5) is 4.39 Å². The molecule has 2 atom stereocenters. The van der Waals surface area contributed by atoms with E-state index in [-0.39, 0.29) is 17.5 Å². The van der Waals surface area contributed by atoms with Crippen molar-refractivity contribution in [2.24, 2.45) is 0 Å². The van der Waals surface area contributed by atoms with Crippen LogP contribution in [0, 0.1) is 5.82 Å². The number of benzene rings is 1. The Hall–Kier alpha value is -1.13. The average Bonchev–Trinajstić information content (AvgIpc) is 2.37. The van der Waals surface area contributed by atoms with E-state index in [9.17, 15) is 9.50 Å². The fourth-order valence-corrected chi connectivity index (χ4v) is 3.14. The monoisotopic (exact) mass is 280 g/mol. The maximum atomic E-state index is 13.4. The lowest BCUT2D eigenvalue weighted by Crippen LogP contribution is -2.48. The van der Waals surface area contributed by atoms with Crippen LogP contribution in [0.25, 0.3) is 0 Å². The second-order valence-corrected chi connectivity index (χ2v) is 5.98. The van der Waals surface area contributed by atoms with Gasteiger partial charge in [0.15, 0.2) is 0 Å². The number of rotatable bonds is 3. The third-order valence-corrected chi connectivity index (χ3v) is 4.43. The third-order valence-electron chi connectivity index (χ3n) is 4.43. The van der Waals surface area contributed by atoms with Gasteiger partial charge in [-0.15, -0.1) is 0 Å². The molecule has 20 heavy (non-hydrogen) atoms. The first-order chi connectivity index (χ1) is 9.58. The first-order valence-electron chi connectivity index (χ1n) is 7.36. The molecule has 1 aliphatic heterocycles. The largest absolute Gasteiger partial charge is 0.490 e. The molecular weight excluding hydrogens is 259 g/mol. The van der Waals surface area contributed by atoms with Gasteiger partial charge in [0.25, 0.3) is 0 Å². The molecule has 1 saturated heterocycles. The maximum Gasteiger partial charge on any atom is 0.128 e. The highest BCUT2D eigenvalue weighted by molar-refractivity contribution is 5.35. The van der Waals surface area contributed by atoms with Crippen LogP contribution >= 0.6 is 0 Å². The van der Waals surface area contributed by atoms with Crippen molar-refractivity contribution in [3.8, 4) is 5.75 Å². The summed E-state index contributed by atoms with van der Waals surface area (Å²) in [5.74, 6) is 0.121. The topological polar surface area (TPSA) is 38.7 Å². The summed E-state index contributed by atoms with van der Waals surface area (Å²) in [5.41, 5.74) is 0.641. The Morgan fingerprint density at radius 1 is 1.45 bits per heavy atom. The van der Waals surface area contributed by atoms with E-state index in [1.54, 1.807) is 13.0 Å². The Labute approximate surface area is 118 Å². The molecule has 0 bridgehead atoms. The minimum atomic E-state index is -0.664. The van der Waals surface area contributed by atoms with Gasteiger partial charge in [0.2, 0.25) is 0 Å². The van der Waals surface area contributed by atoms with Gasteiger partial charge in [-0.1, -0.05) is 0 Å².